The lowest BCUT2D eigenvalue weighted by Gasteiger charge is -2.11. The molecule has 0 aliphatic heterocycles. The van der Waals surface area contributed by atoms with Crippen LogP contribution in [0, 0.1) is 0 Å². The fourth-order valence-electron chi connectivity index (χ4n) is 3.61. The maximum absolute atomic E-state index is 9.72. The van der Waals surface area contributed by atoms with Gasteiger partial charge in [-0.2, -0.15) is 9.61 Å². The zero-order valence-electron chi connectivity index (χ0n) is 18.6. The van der Waals surface area contributed by atoms with Gasteiger partial charge in [-0.15, -0.1) is 10.2 Å². The Morgan fingerprint density at radius 2 is 1.88 bits per heavy atom. The maximum atomic E-state index is 9.72. The molecular weight excluding hydrogens is 430 g/mol. The quantitative estimate of drug-likeness (QED) is 0.276. The molecule has 8 nitrogen and oxygen atoms in total. The highest BCUT2D eigenvalue weighted by Crippen LogP contribution is 2.26. The van der Waals surface area contributed by atoms with E-state index in [1.54, 1.807) is 22.9 Å². The molecule has 170 valence electrons. The Morgan fingerprint density at radius 1 is 1.00 bits per heavy atom. The molecule has 3 aromatic heterocycles. The summed E-state index contributed by atoms with van der Waals surface area (Å²) in [7, 11) is 0. The van der Waals surface area contributed by atoms with Gasteiger partial charge in [0, 0.05) is 17.1 Å². The molecular formula is C26H23N5O3. The van der Waals surface area contributed by atoms with Crippen LogP contribution in [0.3, 0.4) is 0 Å². The van der Waals surface area contributed by atoms with Gasteiger partial charge in [-0.1, -0.05) is 42.5 Å². The van der Waals surface area contributed by atoms with Crippen LogP contribution in [-0.4, -0.2) is 36.2 Å². The van der Waals surface area contributed by atoms with Crippen molar-refractivity contribution in [1.29, 1.82) is 0 Å². The predicted molar refractivity (Wildman–Crippen MR) is 128 cm³/mol. The minimum atomic E-state index is -0.933. The molecule has 0 saturated heterocycles. The van der Waals surface area contributed by atoms with Gasteiger partial charge in [-0.25, -0.2) is 0 Å². The van der Waals surface area contributed by atoms with Crippen molar-refractivity contribution < 1.29 is 14.6 Å². The SMILES string of the molecule is C/C=C/C(O)OCc1ccc2c(OCc3nnc4ccc(-c5ccccc5)nn34)ccnc2c1. The van der Waals surface area contributed by atoms with Crippen molar-refractivity contribution >= 4 is 16.6 Å². The number of allylic oxidation sites excluding steroid dienone is 1. The van der Waals surface area contributed by atoms with Crippen LogP contribution in [0.1, 0.15) is 18.3 Å². The third-order valence-corrected chi connectivity index (χ3v) is 5.30. The molecule has 3 heterocycles. The second-order valence-corrected chi connectivity index (χ2v) is 7.65. The summed E-state index contributed by atoms with van der Waals surface area (Å²) in [5.74, 6) is 1.28. The third-order valence-electron chi connectivity index (χ3n) is 5.30. The van der Waals surface area contributed by atoms with Crippen LogP contribution >= 0.6 is 0 Å². The van der Waals surface area contributed by atoms with E-state index < -0.39 is 6.29 Å². The molecule has 5 aromatic rings. The monoisotopic (exact) mass is 453 g/mol. The van der Waals surface area contributed by atoms with E-state index in [0.717, 1.165) is 27.7 Å². The molecule has 0 bridgehead atoms. The Labute approximate surface area is 196 Å². The van der Waals surface area contributed by atoms with Crippen molar-refractivity contribution in [3.05, 3.63) is 96.5 Å². The summed E-state index contributed by atoms with van der Waals surface area (Å²) >= 11 is 0. The van der Waals surface area contributed by atoms with Crippen molar-refractivity contribution in [3.8, 4) is 17.0 Å². The molecule has 2 aromatic carbocycles. The number of rotatable bonds is 8. The number of aromatic nitrogens is 5. The van der Waals surface area contributed by atoms with E-state index in [9.17, 15) is 5.11 Å². The van der Waals surface area contributed by atoms with Gasteiger partial charge >= 0.3 is 0 Å². The van der Waals surface area contributed by atoms with E-state index in [1.807, 2.05) is 73.7 Å². The van der Waals surface area contributed by atoms with E-state index in [4.69, 9.17) is 14.6 Å². The molecule has 0 spiro atoms. The summed E-state index contributed by atoms with van der Waals surface area (Å²) in [6.45, 7) is 2.30. The normalized spacial score (nSPS) is 12.5. The molecule has 5 rings (SSSR count). The first-order valence-corrected chi connectivity index (χ1v) is 10.9. The highest BCUT2D eigenvalue weighted by Gasteiger charge is 2.11. The number of ether oxygens (including phenoxy) is 2. The van der Waals surface area contributed by atoms with Gasteiger partial charge in [0.2, 0.25) is 0 Å². The lowest BCUT2D eigenvalue weighted by Crippen LogP contribution is -2.08. The standard InChI is InChI=1S/C26H23N5O3/c1-2-6-26(32)34-16-18-9-10-20-22(15-18)27-14-13-23(20)33-17-25-29-28-24-12-11-21(30-31(24)25)19-7-4-3-5-8-19/h2-15,26,32H,16-17H2,1H3/b6-2+. The summed E-state index contributed by atoms with van der Waals surface area (Å²) in [4.78, 5) is 4.45. The van der Waals surface area contributed by atoms with Crippen molar-refractivity contribution in [2.24, 2.45) is 0 Å². The Balaban J connectivity index is 1.35. The summed E-state index contributed by atoms with van der Waals surface area (Å²) in [6.07, 6.45) is 4.09. The van der Waals surface area contributed by atoms with Gasteiger partial charge in [-0.3, -0.25) is 4.98 Å². The molecule has 0 fully saturated rings. The van der Waals surface area contributed by atoms with Gasteiger partial charge in [0.15, 0.2) is 17.8 Å². The van der Waals surface area contributed by atoms with Crippen LogP contribution in [0.2, 0.25) is 0 Å². The highest BCUT2D eigenvalue weighted by molar-refractivity contribution is 5.85. The molecule has 1 atom stereocenters. The first kappa shape index (κ1) is 21.7. The van der Waals surface area contributed by atoms with Crippen LogP contribution in [-0.2, 0) is 18.0 Å². The Kier molecular flexibility index (Phi) is 6.24. The van der Waals surface area contributed by atoms with Crippen LogP contribution in [0.5, 0.6) is 5.75 Å². The van der Waals surface area contributed by atoms with Crippen LogP contribution in [0.15, 0.2) is 85.1 Å². The lowest BCUT2D eigenvalue weighted by molar-refractivity contribution is -0.0733. The number of benzene rings is 2. The summed E-state index contributed by atoms with van der Waals surface area (Å²) in [5.41, 5.74) is 4.18. The van der Waals surface area contributed by atoms with Crippen LogP contribution in [0.4, 0.5) is 0 Å². The molecule has 34 heavy (non-hydrogen) atoms. The lowest BCUT2D eigenvalue weighted by atomic mass is 10.1. The zero-order valence-corrected chi connectivity index (χ0v) is 18.6. The number of aliphatic hydroxyl groups is 1. The molecule has 0 radical (unpaired) electrons. The second kappa shape index (κ2) is 9.78. The summed E-state index contributed by atoms with van der Waals surface area (Å²) in [5, 5.41) is 23.8. The zero-order chi connectivity index (χ0) is 23.3. The first-order chi connectivity index (χ1) is 16.7. The van der Waals surface area contributed by atoms with Gasteiger partial charge in [0.05, 0.1) is 17.8 Å². The Morgan fingerprint density at radius 3 is 2.74 bits per heavy atom. The smallest absolute Gasteiger partial charge is 0.192 e. The van der Waals surface area contributed by atoms with Gasteiger partial charge in [-0.05, 0) is 48.9 Å². The van der Waals surface area contributed by atoms with Gasteiger partial charge < -0.3 is 14.6 Å². The average Bonchev–Trinajstić information content (AvgIpc) is 3.29. The van der Waals surface area contributed by atoms with Crippen molar-refractivity contribution in [2.45, 2.75) is 26.4 Å². The molecule has 0 aliphatic rings. The third kappa shape index (κ3) is 4.63. The number of fused-ring (bicyclic) bond motifs is 2. The Bertz CT molecular complexity index is 1450. The molecule has 1 N–H and O–H groups in total. The predicted octanol–water partition coefficient (Wildman–Crippen LogP) is 4.33. The minimum absolute atomic E-state index is 0.200. The molecule has 0 saturated carbocycles. The minimum Gasteiger partial charge on any atom is -0.485 e. The second-order valence-electron chi connectivity index (χ2n) is 7.65. The largest absolute Gasteiger partial charge is 0.485 e. The van der Waals surface area contributed by atoms with Gasteiger partial charge in [0.1, 0.15) is 12.4 Å². The van der Waals surface area contributed by atoms with E-state index >= 15 is 0 Å². The van der Waals surface area contributed by atoms with E-state index in [0.29, 0.717) is 17.2 Å². The first-order valence-electron chi connectivity index (χ1n) is 10.9. The van der Waals surface area contributed by atoms with E-state index in [2.05, 4.69) is 15.2 Å². The van der Waals surface area contributed by atoms with Crippen molar-refractivity contribution in [3.63, 3.8) is 0 Å². The van der Waals surface area contributed by atoms with Crippen molar-refractivity contribution in [1.82, 2.24) is 24.8 Å². The highest BCUT2D eigenvalue weighted by atomic mass is 16.6. The fraction of sp³-hybridized carbons (Fsp3) is 0.154. The fourth-order valence-corrected chi connectivity index (χ4v) is 3.61. The number of aliphatic hydroxyl groups excluding tert-OH is 1. The van der Waals surface area contributed by atoms with Crippen LogP contribution < -0.4 is 4.74 Å². The molecule has 0 amide bonds. The van der Waals surface area contributed by atoms with Gasteiger partial charge in [0.25, 0.3) is 0 Å². The number of hydrogen-bond acceptors (Lipinski definition) is 7. The summed E-state index contributed by atoms with van der Waals surface area (Å²) < 4.78 is 13.2. The summed E-state index contributed by atoms with van der Waals surface area (Å²) in [6, 6.07) is 21.4. The van der Waals surface area contributed by atoms with Crippen molar-refractivity contribution in [2.75, 3.05) is 0 Å². The number of pyridine rings is 1. The number of hydrogen-bond donors (Lipinski definition) is 1. The average molecular weight is 454 g/mol. The molecule has 0 aliphatic carbocycles. The van der Waals surface area contributed by atoms with Crippen LogP contribution in [0.25, 0.3) is 27.8 Å². The Hall–Kier alpha value is -4.14. The topological polar surface area (TPSA) is 94.7 Å². The molecule has 1 unspecified atom stereocenters. The van der Waals surface area contributed by atoms with E-state index in [-0.39, 0.29) is 13.2 Å². The molecule has 8 heteroatoms. The number of nitrogens with zero attached hydrogens (tertiary/aromatic N) is 5. The van der Waals surface area contributed by atoms with E-state index in [1.165, 1.54) is 0 Å². The maximum Gasteiger partial charge on any atom is 0.192 e.